The van der Waals surface area contributed by atoms with E-state index in [0.717, 1.165) is 43.6 Å². The number of aromatic carboxylic acids is 1. The number of carbonyl (C=O) groups excluding carboxylic acids is 1. The molecule has 0 unspecified atom stereocenters. The molecular weight excluding hydrogens is 206 g/mol. The fourth-order valence-electron chi connectivity index (χ4n) is 2.99. The largest absolute Gasteiger partial charge is 0.478 e. The second-order valence-electron chi connectivity index (χ2n) is 4.48. The summed E-state index contributed by atoms with van der Waals surface area (Å²) in [7, 11) is 0. The van der Waals surface area contributed by atoms with E-state index in [4.69, 9.17) is 0 Å². The number of fused-ring (bicyclic) bond motifs is 3. The molecule has 2 heterocycles. The lowest BCUT2D eigenvalue weighted by Gasteiger charge is -2.13. The Bertz CT molecular complexity index is 499. The molecule has 16 heavy (non-hydrogen) atoms. The van der Waals surface area contributed by atoms with E-state index in [2.05, 4.69) is 4.57 Å². The summed E-state index contributed by atoms with van der Waals surface area (Å²) in [6.07, 6.45) is 3.99. The molecule has 0 radical (unpaired) electrons. The van der Waals surface area contributed by atoms with Gasteiger partial charge < -0.3 is 9.67 Å². The van der Waals surface area contributed by atoms with E-state index in [1.807, 2.05) is 0 Å². The Morgan fingerprint density at radius 1 is 1.12 bits per heavy atom. The minimum absolute atomic E-state index is 0.0144. The van der Waals surface area contributed by atoms with Crippen molar-refractivity contribution >= 4 is 11.8 Å². The summed E-state index contributed by atoms with van der Waals surface area (Å²) >= 11 is 0. The van der Waals surface area contributed by atoms with E-state index in [0.29, 0.717) is 12.0 Å². The minimum Gasteiger partial charge on any atom is -0.478 e. The summed E-state index contributed by atoms with van der Waals surface area (Å²) in [5.74, 6) is -0.928. The zero-order valence-electron chi connectivity index (χ0n) is 8.95. The molecule has 4 heteroatoms. The van der Waals surface area contributed by atoms with Crippen LogP contribution in [0.2, 0.25) is 0 Å². The second kappa shape index (κ2) is 3.20. The van der Waals surface area contributed by atoms with Gasteiger partial charge >= 0.3 is 5.97 Å². The van der Waals surface area contributed by atoms with Crippen molar-refractivity contribution in [2.24, 2.45) is 0 Å². The summed E-state index contributed by atoms with van der Waals surface area (Å²) in [6, 6.07) is 0. The highest BCUT2D eigenvalue weighted by molar-refractivity contribution is 6.08. The molecule has 0 bridgehead atoms. The zero-order valence-corrected chi connectivity index (χ0v) is 8.95. The molecule has 1 aromatic heterocycles. The average molecular weight is 219 g/mol. The lowest BCUT2D eigenvalue weighted by molar-refractivity contribution is 0.0690. The molecule has 0 saturated carbocycles. The highest BCUT2D eigenvalue weighted by atomic mass is 16.4. The number of ketones is 1. The van der Waals surface area contributed by atoms with E-state index in [1.165, 1.54) is 0 Å². The van der Waals surface area contributed by atoms with Crippen molar-refractivity contribution in [1.29, 1.82) is 0 Å². The van der Waals surface area contributed by atoms with Crippen molar-refractivity contribution in [3.8, 4) is 0 Å². The maximum atomic E-state index is 11.8. The number of nitrogens with zero attached hydrogens (tertiary/aromatic N) is 1. The van der Waals surface area contributed by atoms with Gasteiger partial charge in [-0.3, -0.25) is 4.79 Å². The summed E-state index contributed by atoms with van der Waals surface area (Å²) in [5, 5.41) is 9.25. The van der Waals surface area contributed by atoms with Crippen LogP contribution >= 0.6 is 0 Å². The Labute approximate surface area is 92.9 Å². The van der Waals surface area contributed by atoms with Gasteiger partial charge in [0, 0.05) is 24.4 Å². The Kier molecular flexibility index (Phi) is 1.93. The quantitative estimate of drug-likeness (QED) is 0.781. The molecule has 1 aromatic rings. The first-order valence-corrected chi connectivity index (χ1v) is 5.71. The molecule has 4 nitrogen and oxygen atoms in total. The summed E-state index contributed by atoms with van der Waals surface area (Å²) in [6.45, 7) is 0.873. The first kappa shape index (κ1) is 9.63. The fraction of sp³-hybridized carbons (Fsp3) is 0.500. The number of carbonyl (C=O) groups is 2. The monoisotopic (exact) mass is 219 g/mol. The molecule has 1 N–H and O–H groups in total. The SMILES string of the molecule is O=C(O)c1c2c(n3c1CCC3)CCCC2=O. The molecule has 0 spiro atoms. The third kappa shape index (κ3) is 1.10. The van der Waals surface area contributed by atoms with Gasteiger partial charge in [-0.1, -0.05) is 0 Å². The predicted octanol–water partition coefficient (Wildman–Crippen LogP) is 1.65. The number of carboxylic acid groups (broad SMARTS) is 1. The van der Waals surface area contributed by atoms with Gasteiger partial charge in [-0.2, -0.15) is 0 Å². The standard InChI is InChI=1S/C12H13NO3/c14-9-5-1-3-7-10(9)11(12(15)16)8-4-2-6-13(7)8/h1-6H2,(H,15,16). The van der Waals surface area contributed by atoms with Gasteiger partial charge in [-0.15, -0.1) is 0 Å². The van der Waals surface area contributed by atoms with Crippen LogP contribution in [0.15, 0.2) is 0 Å². The lowest BCUT2D eigenvalue weighted by Crippen LogP contribution is -2.15. The minimum atomic E-state index is -0.942. The van der Waals surface area contributed by atoms with Gasteiger partial charge in [0.25, 0.3) is 0 Å². The van der Waals surface area contributed by atoms with Crippen LogP contribution in [0.25, 0.3) is 0 Å². The van der Waals surface area contributed by atoms with Gasteiger partial charge in [0.05, 0.1) is 11.1 Å². The third-order valence-electron chi connectivity index (χ3n) is 3.58. The van der Waals surface area contributed by atoms with Crippen LogP contribution in [0, 0.1) is 0 Å². The first-order valence-electron chi connectivity index (χ1n) is 5.71. The van der Waals surface area contributed by atoms with Crippen molar-refractivity contribution in [3.05, 3.63) is 22.5 Å². The van der Waals surface area contributed by atoms with Crippen LogP contribution in [0.1, 0.15) is 51.4 Å². The smallest absolute Gasteiger partial charge is 0.338 e. The number of carboxylic acids is 1. The van der Waals surface area contributed by atoms with Crippen LogP contribution in [-0.2, 0) is 19.4 Å². The zero-order chi connectivity index (χ0) is 11.3. The van der Waals surface area contributed by atoms with Crippen molar-refractivity contribution < 1.29 is 14.7 Å². The Morgan fingerprint density at radius 3 is 2.62 bits per heavy atom. The number of Topliss-reactive ketones (excluding diaryl/α,β-unsaturated/α-hetero) is 1. The van der Waals surface area contributed by atoms with Gasteiger partial charge in [0.15, 0.2) is 5.78 Å². The Hall–Kier alpha value is -1.58. The highest BCUT2D eigenvalue weighted by Gasteiger charge is 2.34. The molecule has 84 valence electrons. The Balaban J connectivity index is 2.31. The van der Waals surface area contributed by atoms with Crippen molar-refractivity contribution in [2.75, 3.05) is 0 Å². The van der Waals surface area contributed by atoms with Gasteiger partial charge in [-0.05, 0) is 25.7 Å². The van der Waals surface area contributed by atoms with Crippen molar-refractivity contribution in [3.63, 3.8) is 0 Å². The van der Waals surface area contributed by atoms with Gasteiger partial charge in [0.1, 0.15) is 0 Å². The number of aromatic nitrogens is 1. The molecule has 2 aliphatic rings. The van der Waals surface area contributed by atoms with E-state index in [9.17, 15) is 14.7 Å². The van der Waals surface area contributed by atoms with Crippen LogP contribution in [-0.4, -0.2) is 21.4 Å². The van der Waals surface area contributed by atoms with Crippen LogP contribution in [0.5, 0.6) is 0 Å². The fourth-order valence-corrected chi connectivity index (χ4v) is 2.99. The van der Waals surface area contributed by atoms with Gasteiger partial charge in [-0.25, -0.2) is 4.79 Å². The van der Waals surface area contributed by atoms with Crippen molar-refractivity contribution in [1.82, 2.24) is 4.57 Å². The lowest BCUT2D eigenvalue weighted by atomic mass is 9.92. The number of hydrogen-bond acceptors (Lipinski definition) is 2. The second-order valence-corrected chi connectivity index (χ2v) is 4.48. The number of rotatable bonds is 1. The van der Waals surface area contributed by atoms with Crippen LogP contribution < -0.4 is 0 Å². The molecule has 0 amide bonds. The number of hydrogen-bond donors (Lipinski definition) is 1. The third-order valence-corrected chi connectivity index (χ3v) is 3.58. The van der Waals surface area contributed by atoms with E-state index >= 15 is 0 Å². The maximum absolute atomic E-state index is 11.8. The van der Waals surface area contributed by atoms with Crippen molar-refractivity contribution in [2.45, 2.75) is 38.6 Å². The average Bonchev–Trinajstić information content (AvgIpc) is 2.77. The van der Waals surface area contributed by atoms with E-state index in [-0.39, 0.29) is 11.3 Å². The molecule has 0 aromatic carbocycles. The molecule has 0 fully saturated rings. The molecule has 1 aliphatic heterocycles. The molecular formula is C12H13NO3. The topological polar surface area (TPSA) is 59.3 Å². The van der Waals surface area contributed by atoms with E-state index < -0.39 is 5.97 Å². The van der Waals surface area contributed by atoms with Gasteiger partial charge in [0.2, 0.25) is 0 Å². The normalized spacial score (nSPS) is 18.4. The first-order chi connectivity index (χ1) is 7.70. The maximum Gasteiger partial charge on any atom is 0.338 e. The predicted molar refractivity (Wildman–Crippen MR) is 57.0 cm³/mol. The summed E-state index contributed by atoms with van der Waals surface area (Å²) in [4.78, 5) is 23.1. The molecule has 3 rings (SSSR count). The Morgan fingerprint density at radius 2 is 1.88 bits per heavy atom. The highest BCUT2D eigenvalue weighted by Crippen LogP contribution is 2.33. The summed E-state index contributed by atoms with van der Waals surface area (Å²) in [5.41, 5.74) is 2.64. The van der Waals surface area contributed by atoms with Crippen LogP contribution in [0.3, 0.4) is 0 Å². The molecule has 0 atom stereocenters. The van der Waals surface area contributed by atoms with Crippen LogP contribution in [0.4, 0.5) is 0 Å². The summed E-state index contributed by atoms with van der Waals surface area (Å²) < 4.78 is 2.07. The van der Waals surface area contributed by atoms with E-state index in [1.54, 1.807) is 0 Å². The molecule has 1 aliphatic carbocycles. The molecule has 0 saturated heterocycles.